The molecule has 3 heterocycles. The van der Waals surface area contributed by atoms with Crippen LogP contribution in [0.5, 0.6) is 0 Å². The second-order valence-electron chi connectivity index (χ2n) is 6.32. The van der Waals surface area contributed by atoms with Crippen LogP contribution in [0.4, 0.5) is 5.69 Å². The summed E-state index contributed by atoms with van der Waals surface area (Å²) < 4.78 is 6.29. The van der Waals surface area contributed by atoms with Gasteiger partial charge in [0.25, 0.3) is 0 Å². The van der Waals surface area contributed by atoms with Gasteiger partial charge in [0.2, 0.25) is 0 Å². The summed E-state index contributed by atoms with van der Waals surface area (Å²) in [5.74, 6) is 0.661. The molecule has 1 aromatic rings. The number of hydrogen-bond donors (Lipinski definition) is 0. The van der Waals surface area contributed by atoms with Crippen molar-refractivity contribution < 1.29 is 4.74 Å². The van der Waals surface area contributed by atoms with Gasteiger partial charge >= 0.3 is 0 Å². The van der Waals surface area contributed by atoms with Crippen LogP contribution >= 0.6 is 0 Å². The van der Waals surface area contributed by atoms with Crippen LogP contribution in [-0.4, -0.2) is 24.3 Å². The van der Waals surface area contributed by atoms with E-state index in [2.05, 4.69) is 55.2 Å². The van der Waals surface area contributed by atoms with E-state index in [0.717, 1.165) is 13.1 Å². The number of ether oxygens (including phenoxy) is 1. The van der Waals surface area contributed by atoms with Crippen LogP contribution in [0.3, 0.4) is 0 Å². The van der Waals surface area contributed by atoms with E-state index in [1.807, 2.05) is 0 Å². The van der Waals surface area contributed by atoms with E-state index in [1.54, 1.807) is 0 Å². The lowest BCUT2D eigenvalue weighted by Crippen LogP contribution is -2.33. The molecule has 1 aromatic carbocycles. The van der Waals surface area contributed by atoms with Crippen molar-refractivity contribution in [3.63, 3.8) is 0 Å². The highest BCUT2D eigenvalue weighted by atomic mass is 16.5. The maximum absolute atomic E-state index is 6.29. The Morgan fingerprint density at radius 3 is 2.67 bits per heavy atom. The fourth-order valence-electron chi connectivity index (χ4n) is 3.82. The van der Waals surface area contributed by atoms with Crippen LogP contribution in [0.2, 0.25) is 0 Å². The molecule has 0 amide bonds. The summed E-state index contributed by atoms with van der Waals surface area (Å²) in [7, 11) is 0. The summed E-state index contributed by atoms with van der Waals surface area (Å²) in [6, 6.07) is 8.84. The first-order valence-corrected chi connectivity index (χ1v) is 6.81. The standard InChI is InChI=1S/C16H19NO/c1-12-3-5-14(6-4-12)17-10-13-9-15(2)7-8-16(13,11-17)18-15/h3-8,13H,9-11H2,1-2H3. The fraction of sp³-hybridized carbons (Fsp3) is 0.500. The third-order valence-electron chi connectivity index (χ3n) is 4.76. The topological polar surface area (TPSA) is 12.5 Å². The zero-order chi connectivity index (χ0) is 12.4. The molecular weight excluding hydrogens is 222 g/mol. The molecule has 0 aliphatic carbocycles. The van der Waals surface area contributed by atoms with Crippen LogP contribution < -0.4 is 4.90 Å². The van der Waals surface area contributed by atoms with Gasteiger partial charge in [0.05, 0.1) is 12.1 Å². The van der Waals surface area contributed by atoms with Crippen LogP contribution in [-0.2, 0) is 4.74 Å². The van der Waals surface area contributed by atoms with E-state index in [1.165, 1.54) is 17.7 Å². The van der Waals surface area contributed by atoms with Crippen molar-refractivity contribution >= 4 is 5.69 Å². The first-order valence-electron chi connectivity index (χ1n) is 6.81. The molecule has 3 atom stereocenters. The summed E-state index contributed by atoms with van der Waals surface area (Å²) in [5.41, 5.74) is 2.67. The Morgan fingerprint density at radius 1 is 1.22 bits per heavy atom. The van der Waals surface area contributed by atoms with E-state index in [0.29, 0.717) is 5.92 Å². The van der Waals surface area contributed by atoms with Crippen molar-refractivity contribution in [1.82, 2.24) is 0 Å². The third-order valence-corrected chi connectivity index (χ3v) is 4.76. The van der Waals surface area contributed by atoms with Crippen molar-refractivity contribution in [1.29, 1.82) is 0 Å². The van der Waals surface area contributed by atoms with Crippen molar-refractivity contribution in [3.05, 3.63) is 42.0 Å². The lowest BCUT2D eigenvalue weighted by atomic mass is 9.82. The Morgan fingerprint density at radius 2 is 2.00 bits per heavy atom. The highest BCUT2D eigenvalue weighted by Crippen LogP contribution is 2.53. The van der Waals surface area contributed by atoms with Gasteiger partial charge in [0, 0.05) is 18.2 Å². The average Bonchev–Trinajstić information content (AvgIpc) is 2.91. The molecule has 0 saturated carbocycles. The summed E-state index contributed by atoms with van der Waals surface area (Å²) in [6.45, 7) is 6.48. The highest BCUT2D eigenvalue weighted by Gasteiger charge is 2.59. The molecule has 3 aliphatic heterocycles. The van der Waals surface area contributed by atoms with Crippen LogP contribution in [0.1, 0.15) is 18.9 Å². The number of rotatable bonds is 1. The van der Waals surface area contributed by atoms with Crippen molar-refractivity contribution in [3.8, 4) is 0 Å². The number of nitrogens with zero attached hydrogens (tertiary/aromatic N) is 1. The molecule has 4 rings (SSSR count). The summed E-state index contributed by atoms with van der Waals surface area (Å²) in [4.78, 5) is 2.47. The van der Waals surface area contributed by atoms with Gasteiger partial charge in [-0.3, -0.25) is 0 Å². The van der Waals surface area contributed by atoms with Gasteiger partial charge in [-0.25, -0.2) is 0 Å². The van der Waals surface area contributed by atoms with Gasteiger partial charge in [-0.15, -0.1) is 0 Å². The smallest absolute Gasteiger partial charge is 0.109 e. The molecule has 2 fully saturated rings. The minimum Gasteiger partial charge on any atom is -0.368 e. The third kappa shape index (κ3) is 1.33. The Bertz CT molecular complexity index is 520. The average molecular weight is 241 g/mol. The molecule has 3 aliphatic rings. The zero-order valence-electron chi connectivity index (χ0n) is 11.0. The number of aryl methyl sites for hydroxylation is 1. The largest absolute Gasteiger partial charge is 0.368 e. The highest BCUT2D eigenvalue weighted by molar-refractivity contribution is 5.51. The van der Waals surface area contributed by atoms with Gasteiger partial charge in [-0.2, -0.15) is 0 Å². The zero-order valence-corrected chi connectivity index (χ0v) is 11.0. The molecule has 0 radical (unpaired) electrons. The van der Waals surface area contributed by atoms with Gasteiger partial charge in [0.15, 0.2) is 0 Å². The second-order valence-corrected chi connectivity index (χ2v) is 6.32. The van der Waals surface area contributed by atoms with Crippen LogP contribution in [0.15, 0.2) is 36.4 Å². The predicted octanol–water partition coefficient (Wildman–Crippen LogP) is 2.92. The minimum absolute atomic E-state index is 0.000361. The molecule has 0 N–H and O–H groups in total. The first kappa shape index (κ1) is 10.6. The Labute approximate surface area is 108 Å². The molecule has 2 nitrogen and oxygen atoms in total. The molecule has 2 bridgehead atoms. The van der Waals surface area contributed by atoms with Gasteiger partial charge in [0.1, 0.15) is 5.60 Å². The number of hydrogen-bond acceptors (Lipinski definition) is 2. The summed E-state index contributed by atoms with van der Waals surface area (Å²) in [5, 5.41) is 0. The second kappa shape index (κ2) is 3.18. The van der Waals surface area contributed by atoms with E-state index < -0.39 is 0 Å². The fourth-order valence-corrected chi connectivity index (χ4v) is 3.82. The Hall–Kier alpha value is -1.28. The van der Waals surface area contributed by atoms with E-state index in [9.17, 15) is 0 Å². The first-order chi connectivity index (χ1) is 8.59. The maximum atomic E-state index is 6.29. The number of benzene rings is 1. The molecular formula is C16H19NO. The molecule has 18 heavy (non-hydrogen) atoms. The molecule has 1 spiro atoms. The van der Waals surface area contributed by atoms with Crippen LogP contribution in [0.25, 0.3) is 0 Å². The summed E-state index contributed by atoms with van der Waals surface area (Å²) >= 11 is 0. The van der Waals surface area contributed by atoms with Crippen molar-refractivity contribution in [2.75, 3.05) is 18.0 Å². The molecule has 94 valence electrons. The number of anilines is 1. The predicted molar refractivity (Wildman–Crippen MR) is 72.9 cm³/mol. The lowest BCUT2D eigenvalue weighted by molar-refractivity contribution is -0.0172. The Kier molecular flexibility index (Phi) is 1.88. The quantitative estimate of drug-likeness (QED) is 0.701. The normalized spacial score (nSPS) is 40.6. The molecule has 2 heteroatoms. The van der Waals surface area contributed by atoms with E-state index in [-0.39, 0.29) is 11.2 Å². The monoisotopic (exact) mass is 241 g/mol. The van der Waals surface area contributed by atoms with E-state index >= 15 is 0 Å². The van der Waals surface area contributed by atoms with Gasteiger partial charge in [-0.05, 0) is 32.4 Å². The van der Waals surface area contributed by atoms with Gasteiger partial charge < -0.3 is 9.64 Å². The molecule has 0 aromatic heterocycles. The van der Waals surface area contributed by atoms with Crippen molar-refractivity contribution in [2.45, 2.75) is 31.5 Å². The van der Waals surface area contributed by atoms with E-state index in [4.69, 9.17) is 4.74 Å². The molecule has 2 saturated heterocycles. The summed E-state index contributed by atoms with van der Waals surface area (Å²) in [6.07, 6.45) is 5.75. The van der Waals surface area contributed by atoms with Crippen LogP contribution in [0, 0.1) is 12.8 Å². The molecule has 3 unspecified atom stereocenters. The number of fused-ring (bicyclic) bond motifs is 1. The minimum atomic E-state index is -0.000361. The SMILES string of the molecule is Cc1ccc(N2CC3CC4(C)C=CC3(C2)O4)cc1. The van der Waals surface area contributed by atoms with Crippen molar-refractivity contribution in [2.24, 2.45) is 5.92 Å². The van der Waals surface area contributed by atoms with Gasteiger partial charge in [-0.1, -0.05) is 29.8 Å². The Balaban J connectivity index is 1.62. The lowest BCUT2D eigenvalue weighted by Gasteiger charge is -2.25. The maximum Gasteiger partial charge on any atom is 0.109 e.